The number of benzene rings is 2. The third-order valence-electron chi connectivity index (χ3n) is 4.42. The fraction of sp³-hybridized carbons (Fsp3) is 0.333. The van der Waals surface area contributed by atoms with Gasteiger partial charge in [0, 0.05) is 29.7 Å². The molecule has 2 aromatic carbocycles. The normalized spacial score (nSPS) is 11.1. The lowest BCUT2D eigenvalue weighted by Gasteiger charge is -2.22. The highest BCUT2D eigenvalue weighted by Crippen LogP contribution is 2.21. The number of rotatable bonds is 7. The quantitative estimate of drug-likeness (QED) is 0.552. The predicted octanol–water partition coefficient (Wildman–Crippen LogP) is 5.29. The Balaban J connectivity index is 1.96. The fourth-order valence-corrected chi connectivity index (χ4v) is 3.43. The van der Waals surface area contributed by atoms with Gasteiger partial charge in [-0.1, -0.05) is 31.5 Å². The van der Waals surface area contributed by atoms with E-state index in [-0.39, 0.29) is 11.7 Å². The molecule has 0 aliphatic carbocycles. The molecule has 0 atom stereocenters. The van der Waals surface area contributed by atoms with Crippen molar-refractivity contribution >= 4 is 28.5 Å². The van der Waals surface area contributed by atoms with Gasteiger partial charge in [-0.3, -0.25) is 4.79 Å². The highest BCUT2D eigenvalue weighted by atomic mass is 35.5. The molecular formula is C21H23ClFN3O. The van der Waals surface area contributed by atoms with Crippen LogP contribution in [0.2, 0.25) is 5.02 Å². The molecule has 0 unspecified atom stereocenters. The van der Waals surface area contributed by atoms with Crippen LogP contribution < -0.4 is 0 Å². The van der Waals surface area contributed by atoms with Crippen molar-refractivity contribution in [3.63, 3.8) is 0 Å². The van der Waals surface area contributed by atoms with E-state index in [0.29, 0.717) is 29.2 Å². The summed E-state index contributed by atoms with van der Waals surface area (Å²) < 4.78 is 15.7. The summed E-state index contributed by atoms with van der Waals surface area (Å²) >= 11 is 6.04. The average molecular weight is 388 g/mol. The summed E-state index contributed by atoms with van der Waals surface area (Å²) in [7, 11) is 0. The van der Waals surface area contributed by atoms with E-state index in [2.05, 4.69) is 16.5 Å². The Kier molecular flexibility index (Phi) is 6.11. The van der Waals surface area contributed by atoms with E-state index >= 15 is 0 Å². The number of fused-ring (bicyclic) bond motifs is 1. The van der Waals surface area contributed by atoms with Crippen LogP contribution in [0.1, 0.15) is 42.9 Å². The zero-order valence-electron chi connectivity index (χ0n) is 15.6. The number of aryl methyl sites for hydroxylation is 1. The zero-order valence-corrected chi connectivity index (χ0v) is 16.3. The first kappa shape index (κ1) is 19.4. The number of hydrogen-bond donors (Lipinski definition) is 0. The van der Waals surface area contributed by atoms with Crippen molar-refractivity contribution in [3.05, 3.63) is 64.7 Å². The lowest BCUT2D eigenvalue weighted by Crippen LogP contribution is -2.32. The highest BCUT2D eigenvalue weighted by molar-refractivity contribution is 6.30. The second kappa shape index (κ2) is 8.53. The van der Waals surface area contributed by atoms with Crippen molar-refractivity contribution in [3.8, 4) is 0 Å². The Morgan fingerprint density at radius 1 is 1.19 bits per heavy atom. The van der Waals surface area contributed by atoms with Crippen molar-refractivity contribution in [1.82, 2.24) is 14.5 Å². The predicted molar refractivity (Wildman–Crippen MR) is 106 cm³/mol. The van der Waals surface area contributed by atoms with Crippen molar-refractivity contribution < 1.29 is 9.18 Å². The molecule has 0 spiro atoms. The van der Waals surface area contributed by atoms with Gasteiger partial charge >= 0.3 is 0 Å². The van der Waals surface area contributed by atoms with Crippen LogP contribution in [0.15, 0.2) is 42.5 Å². The SMILES string of the molecule is CCCN(Cc1nc2cc(F)ccc2n1CCC)C(=O)c1cccc(Cl)c1. The van der Waals surface area contributed by atoms with E-state index in [1.165, 1.54) is 12.1 Å². The Hall–Kier alpha value is -2.40. The van der Waals surface area contributed by atoms with Gasteiger partial charge in [0.2, 0.25) is 0 Å². The Bertz CT molecular complexity index is 954. The summed E-state index contributed by atoms with van der Waals surface area (Å²) in [5.41, 5.74) is 2.06. The maximum Gasteiger partial charge on any atom is 0.254 e. The summed E-state index contributed by atoms with van der Waals surface area (Å²) in [6, 6.07) is 11.6. The minimum atomic E-state index is -0.310. The molecule has 1 amide bonds. The number of carbonyl (C=O) groups excluding carboxylic acids is 1. The van der Waals surface area contributed by atoms with Gasteiger partial charge in [0.15, 0.2) is 0 Å². The van der Waals surface area contributed by atoms with Gasteiger partial charge in [0.05, 0.1) is 17.6 Å². The third kappa shape index (κ3) is 4.30. The molecule has 1 aromatic heterocycles. The monoisotopic (exact) mass is 387 g/mol. The van der Waals surface area contributed by atoms with Gasteiger partial charge in [-0.2, -0.15) is 0 Å². The van der Waals surface area contributed by atoms with Gasteiger partial charge in [0.25, 0.3) is 5.91 Å². The maximum atomic E-state index is 13.6. The number of halogens is 2. The molecule has 0 fully saturated rings. The minimum Gasteiger partial charge on any atom is -0.331 e. The van der Waals surface area contributed by atoms with Crippen LogP contribution in [-0.4, -0.2) is 26.9 Å². The summed E-state index contributed by atoms with van der Waals surface area (Å²) in [4.78, 5) is 19.4. The highest BCUT2D eigenvalue weighted by Gasteiger charge is 2.20. The van der Waals surface area contributed by atoms with Gasteiger partial charge in [-0.15, -0.1) is 0 Å². The molecule has 6 heteroatoms. The maximum absolute atomic E-state index is 13.6. The molecule has 4 nitrogen and oxygen atoms in total. The lowest BCUT2D eigenvalue weighted by molar-refractivity contribution is 0.0737. The summed E-state index contributed by atoms with van der Waals surface area (Å²) in [6.45, 7) is 5.86. The molecular weight excluding hydrogens is 365 g/mol. The molecule has 0 saturated heterocycles. The van der Waals surface area contributed by atoms with Crippen LogP contribution in [0.4, 0.5) is 4.39 Å². The third-order valence-corrected chi connectivity index (χ3v) is 4.66. The first-order valence-electron chi connectivity index (χ1n) is 9.23. The second-order valence-corrected chi connectivity index (χ2v) is 6.99. The average Bonchev–Trinajstić information content (AvgIpc) is 2.97. The number of imidazole rings is 1. The van der Waals surface area contributed by atoms with Gasteiger partial charge < -0.3 is 9.47 Å². The largest absolute Gasteiger partial charge is 0.331 e. The first-order chi connectivity index (χ1) is 13.0. The zero-order chi connectivity index (χ0) is 19.4. The Morgan fingerprint density at radius 3 is 2.70 bits per heavy atom. The van der Waals surface area contributed by atoms with Crippen molar-refractivity contribution in [2.24, 2.45) is 0 Å². The van der Waals surface area contributed by atoms with Crippen LogP contribution in [0.5, 0.6) is 0 Å². The van der Waals surface area contributed by atoms with Crippen LogP contribution in [0.25, 0.3) is 11.0 Å². The molecule has 27 heavy (non-hydrogen) atoms. The molecule has 0 saturated carbocycles. The first-order valence-corrected chi connectivity index (χ1v) is 9.60. The van der Waals surface area contributed by atoms with E-state index in [1.807, 2.05) is 6.92 Å². The summed E-state index contributed by atoms with van der Waals surface area (Å²) in [5.74, 6) is 0.373. The number of carbonyl (C=O) groups is 1. The van der Waals surface area contributed by atoms with Crippen LogP contribution in [0.3, 0.4) is 0 Å². The molecule has 142 valence electrons. The van der Waals surface area contributed by atoms with Crippen LogP contribution in [0, 0.1) is 5.82 Å². The number of aromatic nitrogens is 2. The smallest absolute Gasteiger partial charge is 0.254 e. The molecule has 0 radical (unpaired) electrons. The van der Waals surface area contributed by atoms with E-state index in [1.54, 1.807) is 35.2 Å². The molecule has 0 aliphatic heterocycles. The molecule has 0 N–H and O–H groups in total. The Morgan fingerprint density at radius 2 is 2.00 bits per heavy atom. The van der Waals surface area contributed by atoms with Crippen LogP contribution in [-0.2, 0) is 13.1 Å². The molecule has 0 bridgehead atoms. The topological polar surface area (TPSA) is 38.1 Å². The number of amides is 1. The summed E-state index contributed by atoms with van der Waals surface area (Å²) in [5, 5.41) is 0.533. The Labute approximate surface area is 163 Å². The fourth-order valence-electron chi connectivity index (χ4n) is 3.24. The van der Waals surface area contributed by atoms with Crippen molar-refractivity contribution in [1.29, 1.82) is 0 Å². The number of nitrogens with zero attached hydrogens (tertiary/aromatic N) is 3. The summed E-state index contributed by atoms with van der Waals surface area (Å²) in [6.07, 6.45) is 1.75. The standard InChI is InChI=1S/C21H23ClFN3O/c1-3-10-25(21(27)15-6-5-7-16(22)12-15)14-20-24-18-13-17(23)8-9-19(18)26(20)11-4-2/h5-9,12-13H,3-4,10-11,14H2,1-2H3. The van der Waals surface area contributed by atoms with E-state index < -0.39 is 0 Å². The van der Waals surface area contributed by atoms with Gasteiger partial charge in [-0.05, 0) is 43.2 Å². The second-order valence-electron chi connectivity index (χ2n) is 6.55. The van der Waals surface area contributed by atoms with E-state index in [4.69, 9.17) is 11.6 Å². The van der Waals surface area contributed by atoms with Gasteiger partial charge in [0.1, 0.15) is 11.6 Å². The van der Waals surface area contributed by atoms with E-state index in [9.17, 15) is 9.18 Å². The molecule has 3 rings (SSSR count). The molecule has 0 aliphatic rings. The molecule has 1 heterocycles. The lowest BCUT2D eigenvalue weighted by atomic mass is 10.2. The number of hydrogen-bond acceptors (Lipinski definition) is 2. The van der Waals surface area contributed by atoms with E-state index in [0.717, 1.165) is 30.7 Å². The minimum absolute atomic E-state index is 0.0827. The van der Waals surface area contributed by atoms with Gasteiger partial charge in [-0.25, -0.2) is 9.37 Å². The van der Waals surface area contributed by atoms with Crippen LogP contribution >= 0.6 is 11.6 Å². The van der Waals surface area contributed by atoms with Crippen molar-refractivity contribution in [2.75, 3.05) is 6.54 Å². The molecule has 3 aromatic rings. The van der Waals surface area contributed by atoms with Crippen molar-refractivity contribution in [2.45, 2.75) is 39.8 Å².